The van der Waals surface area contributed by atoms with Crippen LogP contribution in [0, 0.1) is 5.41 Å². The Morgan fingerprint density at radius 1 is 1.24 bits per heavy atom. The summed E-state index contributed by atoms with van der Waals surface area (Å²) in [7, 11) is 0. The van der Waals surface area contributed by atoms with Crippen molar-refractivity contribution in [1.29, 1.82) is 0 Å². The second-order valence-electron chi connectivity index (χ2n) is 9.85. The number of hydrogen-bond acceptors (Lipinski definition) is 5. The van der Waals surface area contributed by atoms with Crippen LogP contribution in [0.15, 0.2) is 18.2 Å². The third kappa shape index (κ3) is 4.60. The number of amides is 1. The molecule has 2 heterocycles. The lowest BCUT2D eigenvalue weighted by Gasteiger charge is -2.39. The monoisotopic (exact) mass is 421 g/mol. The van der Waals surface area contributed by atoms with Gasteiger partial charge in [0.15, 0.2) is 0 Å². The zero-order valence-corrected chi connectivity index (χ0v) is 19.0. The van der Waals surface area contributed by atoms with Gasteiger partial charge in [0, 0.05) is 47.9 Å². The van der Waals surface area contributed by atoms with Crippen LogP contribution in [0.4, 0.5) is 5.69 Å². The number of carbonyl (C=O) groups excluding carboxylic acids is 2. The maximum atomic E-state index is 13.1. The summed E-state index contributed by atoms with van der Waals surface area (Å²) in [5, 5.41) is 2.45. The molecule has 6 nitrogen and oxygen atoms in total. The highest BCUT2D eigenvalue weighted by molar-refractivity contribution is 6.32. The summed E-state index contributed by atoms with van der Waals surface area (Å²) in [4.78, 5) is 34.8. The van der Waals surface area contributed by atoms with Crippen molar-refractivity contribution in [3.05, 3.63) is 28.8 Å². The Balaban J connectivity index is 1.62. The quantitative estimate of drug-likeness (QED) is 0.747. The Hall–Kier alpha value is -1.63. The number of piperazine rings is 1. The number of hydrogen-bond donors (Lipinski definition) is 0. The van der Waals surface area contributed by atoms with Gasteiger partial charge in [-0.05, 0) is 39.8 Å². The van der Waals surface area contributed by atoms with Crippen molar-refractivity contribution in [2.45, 2.75) is 53.0 Å². The Kier molecular flexibility index (Phi) is 6.01. The summed E-state index contributed by atoms with van der Waals surface area (Å²) in [6.45, 7) is 14.7. The van der Waals surface area contributed by atoms with Crippen molar-refractivity contribution in [2.75, 3.05) is 37.6 Å². The van der Waals surface area contributed by atoms with Crippen LogP contribution >= 0.6 is 11.6 Å². The third-order valence-electron chi connectivity index (χ3n) is 5.64. The summed E-state index contributed by atoms with van der Waals surface area (Å²) in [6, 6.07) is 5.78. The second-order valence-corrected chi connectivity index (χ2v) is 10.3. The van der Waals surface area contributed by atoms with Crippen molar-refractivity contribution in [2.24, 2.45) is 5.41 Å². The van der Waals surface area contributed by atoms with Gasteiger partial charge in [-0.25, -0.2) is 4.79 Å². The Morgan fingerprint density at radius 3 is 2.55 bits per heavy atom. The van der Waals surface area contributed by atoms with E-state index in [-0.39, 0.29) is 23.3 Å². The minimum atomic E-state index is -0.538. The van der Waals surface area contributed by atoms with Crippen LogP contribution in [0.2, 0.25) is 5.02 Å². The minimum absolute atomic E-state index is 0.0274. The Bertz CT molecular complexity index is 803. The van der Waals surface area contributed by atoms with E-state index in [0.29, 0.717) is 37.7 Å². The average Bonchev–Trinajstić information content (AvgIpc) is 2.89. The normalized spacial score (nSPS) is 22.4. The molecular weight excluding hydrogens is 390 g/mol. The highest BCUT2D eigenvalue weighted by Crippen LogP contribution is 2.44. The first kappa shape index (κ1) is 22.1. The van der Waals surface area contributed by atoms with Gasteiger partial charge in [-0.3, -0.25) is 9.69 Å². The van der Waals surface area contributed by atoms with Crippen molar-refractivity contribution in [1.82, 2.24) is 9.96 Å². The summed E-state index contributed by atoms with van der Waals surface area (Å²) in [5.74, 6) is -0.159. The van der Waals surface area contributed by atoms with Crippen LogP contribution in [-0.2, 0) is 19.8 Å². The molecule has 0 saturated carbocycles. The molecule has 160 valence electrons. The van der Waals surface area contributed by atoms with Gasteiger partial charge in [-0.2, -0.15) is 0 Å². The highest BCUT2D eigenvalue weighted by Gasteiger charge is 2.40. The van der Waals surface area contributed by atoms with Crippen molar-refractivity contribution < 1.29 is 14.4 Å². The van der Waals surface area contributed by atoms with Gasteiger partial charge in [0.25, 0.3) is 0 Å². The number of halogens is 1. The number of nitrogens with zero attached hydrogens (tertiary/aromatic N) is 3. The van der Waals surface area contributed by atoms with Crippen molar-refractivity contribution in [3.63, 3.8) is 0 Å². The topological polar surface area (TPSA) is 53.1 Å². The van der Waals surface area contributed by atoms with Gasteiger partial charge in [0.05, 0.1) is 18.0 Å². The molecule has 0 unspecified atom stereocenters. The summed E-state index contributed by atoms with van der Waals surface area (Å²) < 4.78 is 0. The fraction of sp³-hybridized carbons (Fsp3) is 0.636. The maximum absolute atomic E-state index is 13.1. The third-order valence-corrected chi connectivity index (χ3v) is 5.95. The van der Waals surface area contributed by atoms with E-state index in [1.54, 1.807) is 5.06 Å². The molecule has 2 aliphatic heterocycles. The summed E-state index contributed by atoms with van der Waals surface area (Å²) in [5.41, 5.74) is 1.25. The first-order chi connectivity index (χ1) is 13.4. The molecule has 1 aromatic rings. The molecule has 0 aliphatic carbocycles. The molecule has 3 rings (SSSR count). The van der Waals surface area contributed by atoms with Crippen LogP contribution in [-0.4, -0.2) is 60.6 Å². The van der Waals surface area contributed by atoms with E-state index in [9.17, 15) is 9.59 Å². The zero-order chi connectivity index (χ0) is 21.6. The molecule has 0 bridgehead atoms. The molecular formula is C22H32ClN3O3. The molecule has 0 spiro atoms. The predicted octanol–water partition coefficient (Wildman–Crippen LogP) is 3.47. The van der Waals surface area contributed by atoms with Crippen LogP contribution in [0.25, 0.3) is 0 Å². The highest BCUT2D eigenvalue weighted by atomic mass is 35.5. The van der Waals surface area contributed by atoms with E-state index in [0.717, 1.165) is 11.3 Å². The van der Waals surface area contributed by atoms with E-state index in [4.69, 9.17) is 16.4 Å². The van der Waals surface area contributed by atoms with Gasteiger partial charge in [0.1, 0.15) is 0 Å². The lowest BCUT2D eigenvalue weighted by Crippen LogP contribution is -2.55. The number of benzene rings is 1. The van der Waals surface area contributed by atoms with E-state index >= 15 is 0 Å². The van der Waals surface area contributed by atoms with Crippen LogP contribution in [0.5, 0.6) is 0 Å². The summed E-state index contributed by atoms with van der Waals surface area (Å²) >= 11 is 6.43. The predicted molar refractivity (Wildman–Crippen MR) is 115 cm³/mol. The van der Waals surface area contributed by atoms with E-state index in [2.05, 4.69) is 18.7 Å². The smallest absolute Gasteiger partial charge is 0.330 e. The van der Waals surface area contributed by atoms with Gasteiger partial charge >= 0.3 is 5.97 Å². The number of hydroxylamine groups is 2. The Labute approximate surface area is 178 Å². The number of anilines is 1. The molecule has 1 aromatic carbocycles. The minimum Gasteiger partial charge on any atom is -0.367 e. The molecule has 1 fully saturated rings. The SMILES string of the molecule is C[C@@H]1CN(CC(=O)N2CC(C)(C)c3c(Cl)cccc32)CCN1OC(=O)C(C)(C)C. The zero-order valence-electron chi connectivity index (χ0n) is 18.3. The molecule has 1 saturated heterocycles. The molecule has 7 heteroatoms. The molecule has 0 aromatic heterocycles. The van der Waals surface area contributed by atoms with Crippen molar-refractivity contribution in [3.8, 4) is 0 Å². The Morgan fingerprint density at radius 2 is 1.93 bits per heavy atom. The largest absolute Gasteiger partial charge is 0.367 e. The molecule has 0 radical (unpaired) electrons. The first-order valence-electron chi connectivity index (χ1n) is 10.2. The van der Waals surface area contributed by atoms with E-state index in [1.807, 2.05) is 50.8 Å². The van der Waals surface area contributed by atoms with Crippen LogP contribution < -0.4 is 4.90 Å². The van der Waals surface area contributed by atoms with Gasteiger partial charge in [-0.1, -0.05) is 31.5 Å². The van der Waals surface area contributed by atoms with Gasteiger partial charge in [0.2, 0.25) is 5.91 Å². The van der Waals surface area contributed by atoms with Gasteiger partial charge < -0.3 is 9.74 Å². The lowest BCUT2D eigenvalue weighted by molar-refractivity contribution is -0.219. The fourth-order valence-corrected chi connectivity index (χ4v) is 4.43. The van der Waals surface area contributed by atoms with Gasteiger partial charge in [-0.15, -0.1) is 5.06 Å². The second kappa shape index (κ2) is 7.89. The summed E-state index contributed by atoms with van der Waals surface area (Å²) in [6.07, 6.45) is 0. The molecule has 2 aliphatic rings. The van der Waals surface area contributed by atoms with Crippen LogP contribution in [0.1, 0.15) is 47.1 Å². The molecule has 0 N–H and O–H groups in total. The number of rotatable bonds is 3. The lowest BCUT2D eigenvalue weighted by atomic mass is 9.87. The number of fused-ring (bicyclic) bond motifs is 1. The van der Waals surface area contributed by atoms with Crippen molar-refractivity contribution >= 4 is 29.2 Å². The van der Waals surface area contributed by atoms with E-state index in [1.165, 1.54) is 0 Å². The average molecular weight is 422 g/mol. The molecule has 29 heavy (non-hydrogen) atoms. The molecule has 1 atom stereocenters. The number of carbonyl (C=O) groups is 2. The standard InChI is InChI=1S/C22H32ClN3O3/c1-15-12-24(10-11-26(15)29-20(28)21(2,3)4)13-18(27)25-14-22(5,6)19-16(23)8-7-9-17(19)25/h7-9,15H,10-14H2,1-6H3/t15-/m1/s1. The first-order valence-corrected chi connectivity index (χ1v) is 10.6. The van der Waals surface area contributed by atoms with E-state index < -0.39 is 5.41 Å². The molecule has 1 amide bonds. The maximum Gasteiger partial charge on any atom is 0.330 e. The fourth-order valence-electron chi connectivity index (χ4n) is 4.01. The van der Waals surface area contributed by atoms with Crippen LogP contribution in [0.3, 0.4) is 0 Å².